The van der Waals surface area contributed by atoms with Crippen molar-refractivity contribution in [1.82, 2.24) is 5.32 Å². The zero-order valence-corrected chi connectivity index (χ0v) is 11.2. The van der Waals surface area contributed by atoms with Crippen LogP contribution in [0.4, 0.5) is 0 Å². The molecule has 0 spiro atoms. The Balaban J connectivity index is 2.72. The van der Waals surface area contributed by atoms with Crippen molar-refractivity contribution in [2.45, 2.75) is 45.7 Å². The van der Waals surface area contributed by atoms with Crippen LogP contribution in [0.1, 0.15) is 44.2 Å². The van der Waals surface area contributed by atoms with Crippen LogP contribution < -0.4 is 11.1 Å². The Kier molecular flexibility index (Phi) is 6.22. The highest BCUT2D eigenvalue weighted by Gasteiger charge is 2.08. The molecule has 0 aromatic heterocycles. The van der Waals surface area contributed by atoms with Gasteiger partial charge in [0.1, 0.15) is 0 Å². The molecule has 0 radical (unpaired) electrons. The lowest BCUT2D eigenvalue weighted by atomic mass is 10.0. The van der Waals surface area contributed by atoms with Gasteiger partial charge in [0, 0.05) is 18.2 Å². The number of amidine groups is 1. The topological polar surface area (TPSA) is 70.6 Å². The van der Waals surface area contributed by atoms with Crippen molar-refractivity contribution in [2.24, 2.45) is 10.9 Å². The molecule has 0 bridgehead atoms. The quantitative estimate of drug-likeness (QED) is 0.301. The number of nitrogens with one attached hydrogen (secondary N) is 1. The van der Waals surface area contributed by atoms with Gasteiger partial charge in [-0.3, -0.25) is 0 Å². The van der Waals surface area contributed by atoms with E-state index in [1.54, 1.807) is 0 Å². The van der Waals surface area contributed by atoms with E-state index in [2.05, 4.69) is 24.3 Å². The number of hydrogen-bond acceptors (Lipinski definition) is 3. The number of hydrogen-bond donors (Lipinski definition) is 3. The summed E-state index contributed by atoms with van der Waals surface area (Å²) in [5, 5.41) is 15.3. The Hall–Kier alpha value is -1.55. The van der Waals surface area contributed by atoms with Crippen molar-refractivity contribution < 1.29 is 5.21 Å². The lowest BCUT2D eigenvalue weighted by Crippen LogP contribution is -2.29. The zero-order chi connectivity index (χ0) is 13.4. The van der Waals surface area contributed by atoms with Gasteiger partial charge in [-0.1, -0.05) is 49.7 Å². The molecule has 0 fully saturated rings. The van der Waals surface area contributed by atoms with Crippen molar-refractivity contribution in [2.75, 3.05) is 0 Å². The zero-order valence-electron chi connectivity index (χ0n) is 11.2. The second kappa shape index (κ2) is 7.71. The SMILES string of the molecule is CCCC(CC)NCc1ccccc1C(N)=NO. The smallest absolute Gasteiger partial charge is 0.170 e. The lowest BCUT2D eigenvalue weighted by molar-refractivity contribution is 0.318. The summed E-state index contributed by atoms with van der Waals surface area (Å²) in [6, 6.07) is 8.24. The van der Waals surface area contributed by atoms with Gasteiger partial charge in [0.05, 0.1) is 0 Å². The van der Waals surface area contributed by atoms with E-state index in [0.29, 0.717) is 6.04 Å². The van der Waals surface area contributed by atoms with Crippen LogP contribution >= 0.6 is 0 Å². The fourth-order valence-corrected chi connectivity index (χ4v) is 2.03. The van der Waals surface area contributed by atoms with Gasteiger partial charge in [0.15, 0.2) is 5.84 Å². The maximum Gasteiger partial charge on any atom is 0.170 e. The van der Waals surface area contributed by atoms with E-state index < -0.39 is 0 Å². The molecule has 4 nitrogen and oxygen atoms in total. The highest BCUT2D eigenvalue weighted by atomic mass is 16.4. The largest absolute Gasteiger partial charge is 0.409 e. The summed E-state index contributed by atoms with van der Waals surface area (Å²) in [4.78, 5) is 0. The minimum absolute atomic E-state index is 0.163. The van der Waals surface area contributed by atoms with Crippen LogP contribution in [0.2, 0.25) is 0 Å². The Morgan fingerprint density at radius 3 is 2.72 bits per heavy atom. The normalized spacial score (nSPS) is 13.6. The molecule has 4 heteroatoms. The monoisotopic (exact) mass is 249 g/mol. The predicted molar refractivity (Wildman–Crippen MR) is 74.8 cm³/mol. The summed E-state index contributed by atoms with van der Waals surface area (Å²) < 4.78 is 0. The number of benzene rings is 1. The molecule has 0 heterocycles. The maximum absolute atomic E-state index is 8.76. The van der Waals surface area contributed by atoms with Crippen molar-refractivity contribution >= 4 is 5.84 Å². The Bertz CT molecular complexity index is 390. The first kappa shape index (κ1) is 14.5. The Labute approximate surface area is 109 Å². The molecule has 1 aromatic carbocycles. The number of oxime groups is 1. The van der Waals surface area contributed by atoms with Crippen molar-refractivity contribution in [3.05, 3.63) is 35.4 Å². The van der Waals surface area contributed by atoms with Crippen LogP contribution in [0.5, 0.6) is 0 Å². The molecule has 100 valence electrons. The van der Waals surface area contributed by atoms with Gasteiger partial charge in [-0.15, -0.1) is 0 Å². The first-order valence-electron chi connectivity index (χ1n) is 6.52. The van der Waals surface area contributed by atoms with Gasteiger partial charge >= 0.3 is 0 Å². The third-order valence-corrected chi connectivity index (χ3v) is 3.11. The van der Waals surface area contributed by atoms with Crippen molar-refractivity contribution in [1.29, 1.82) is 0 Å². The molecule has 0 aliphatic carbocycles. The fourth-order valence-electron chi connectivity index (χ4n) is 2.03. The number of nitrogens with zero attached hydrogens (tertiary/aromatic N) is 1. The van der Waals surface area contributed by atoms with E-state index in [-0.39, 0.29) is 5.84 Å². The van der Waals surface area contributed by atoms with Gasteiger partial charge in [0.25, 0.3) is 0 Å². The summed E-state index contributed by atoms with van der Waals surface area (Å²) in [6.45, 7) is 5.11. The third kappa shape index (κ3) is 4.04. The summed E-state index contributed by atoms with van der Waals surface area (Å²) in [7, 11) is 0. The summed E-state index contributed by atoms with van der Waals surface area (Å²) in [6.07, 6.45) is 3.45. The van der Waals surface area contributed by atoms with Gasteiger partial charge < -0.3 is 16.3 Å². The molecular formula is C14H23N3O. The second-order valence-electron chi connectivity index (χ2n) is 4.42. The average molecular weight is 249 g/mol. The van der Waals surface area contributed by atoms with E-state index in [9.17, 15) is 0 Å². The molecule has 0 aliphatic rings. The molecule has 0 aliphatic heterocycles. The van der Waals surface area contributed by atoms with Gasteiger partial charge in [-0.2, -0.15) is 0 Å². The second-order valence-corrected chi connectivity index (χ2v) is 4.42. The molecule has 1 aromatic rings. The Morgan fingerprint density at radius 1 is 1.39 bits per heavy atom. The number of rotatable bonds is 7. The molecule has 1 rings (SSSR count). The van der Waals surface area contributed by atoms with Crippen LogP contribution in [0.25, 0.3) is 0 Å². The standard InChI is InChI=1S/C14H23N3O/c1-3-7-12(4-2)16-10-11-8-5-6-9-13(11)14(15)17-18/h5-6,8-9,12,16,18H,3-4,7,10H2,1-2H3,(H2,15,17). The van der Waals surface area contributed by atoms with Crippen LogP contribution in [0.3, 0.4) is 0 Å². The molecule has 0 saturated carbocycles. The summed E-state index contributed by atoms with van der Waals surface area (Å²) in [5.74, 6) is 0.163. The summed E-state index contributed by atoms with van der Waals surface area (Å²) >= 11 is 0. The molecule has 1 atom stereocenters. The molecule has 4 N–H and O–H groups in total. The third-order valence-electron chi connectivity index (χ3n) is 3.11. The van der Waals surface area contributed by atoms with Crippen molar-refractivity contribution in [3.8, 4) is 0 Å². The highest BCUT2D eigenvalue weighted by molar-refractivity contribution is 5.98. The van der Waals surface area contributed by atoms with E-state index in [0.717, 1.165) is 24.1 Å². The Morgan fingerprint density at radius 2 is 2.11 bits per heavy atom. The van der Waals surface area contributed by atoms with E-state index in [1.165, 1.54) is 12.8 Å². The fraction of sp³-hybridized carbons (Fsp3) is 0.500. The molecule has 1 unspecified atom stereocenters. The first-order chi connectivity index (χ1) is 8.72. The summed E-state index contributed by atoms with van der Waals surface area (Å²) in [5.41, 5.74) is 7.51. The van der Waals surface area contributed by atoms with Crippen LogP contribution in [0, 0.1) is 0 Å². The van der Waals surface area contributed by atoms with E-state index in [1.807, 2.05) is 24.3 Å². The lowest BCUT2D eigenvalue weighted by Gasteiger charge is -2.17. The molecule has 0 saturated heterocycles. The van der Waals surface area contributed by atoms with Crippen molar-refractivity contribution in [3.63, 3.8) is 0 Å². The van der Waals surface area contributed by atoms with Crippen LogP contribution in [-0.4, -0.2) is 17.1 Å². The van der Waals surface area contributed by atoms with Gasteiger partial charge in [0.2, 0.25) is 0 Å². The van der Waals surface area contributed by atoms with Crippen LogP contribution in [0.15, 0.2) is 29.4 Å². The van der Waals surface area contributed by atoms with E-state index in [4.69, 9.17) is 10.9 Å². The highest BCUT2D eigenvalue weighted by Crippen LogP contribution is 2.10. The maximum atomic E-state index is 8.76. The minimum atomic E-state index is 0.163. The minimum Gasteiger partial charge on any atom is -0.409 e. The van der Waals surface area contributed by atoms with Gasteiger partial charge in [-0.25, -0.2) is 0 Å². The van der Waals surface area contributed by atoms with E-state index >= 15 is 0 Å². The first-order valence-corrected chi connectivity index (χ1v) is 6.52. The molecular weight excluding hydrogens is 226 g/mol. The average Bonchev–Trinajstić information content (AvgIpc) is 2.43. The van der Waals surface area contributed by atoms with Crippen LogP contribution in [-0.2, 0) is 6.54 Å². The van der Waals surface area contributed by atoms with Gasteiger partial charge in [-0.05, 0) is 18.4 Å². The molecule has 18 heavy (non-hydrogen) atoms. The predicted octanol–water partition coefficient (Wildman–Crippen LogP) is 2.45. The number of nitrogens with two attached hydrogens (primary N) is 1. The molecule has 0 amide bonds.